The van der Waals surface area contributed by atoms with Gasteiger partial charge in [0.15, 0.2) is 5.76 Å². The second-order valence-electron chi connectivity index (χ2n) is 3.82. The number of hydrogen-bond acceptors (Lipinski definition) is 4. The maximum absolute atomic E-state index is 12.1. The molecule has 2 heterocycles. The summed E-state index contributed by atoms with van der Waals surface area (Å²) in [5.74, 6) is 0.142. The molecule has 0 aliphatic heterocycles. The molecular weight excluding hydrogens is 244 g/mol. The van der Waals surface area contributed by atoms with Gasteiger partial charge in [0.2, 0.25) is 5.95 Å². The van der Waals surface area contributed by atoms with Crippen LogP contribution in [0.5, 0.6) is 0 Å². The van der Waals surface area contributed by atoms with E-state index >= 15 is 0 Å². The Kier molecular flexibility index (Phi) is 2.82. The summed E-state index contributed by atoms with van der Waals surface area (Å²) in [6.07, 6.45) is 2.80. The normalized spacial score (nSPS) is 10.3. The Morgan fingerprint density at radius 2 is 2.05 bits per heavy atom. The molecule has 0 aliphatic carbocycles. The molecule has 0 fully saturated rings. The van der Waals surface area contributed by atoms with E-state index in [4.69, 9.17) is 4.42 Å². The number of nitrogens with zero attached hydrogens (tertiary/aromatic N) is 2. The van der Waals surface area contributed by atoms with Crippen molar-refractivity contribution < 1.29 is 9.21 Å². The van der Waals surface area contributed by atoms with Crippen LogP contribution in [0.2, 0.25) is 0 Å². The number of nitrogens with one attached hydrogen (secondary N) is 2. The van der Waals surface area contributed by atoms with Gasteiger partial charge in [0, 0.05) is 5.56 Å². The van der Waals surface area contributed by atoms with Crippen LogP contribution < -0.4 is 5.32 Å². The molecule has 0 bridgehead atoms. The van der Waals surface area contributed by atoms with E-state index in [1.54, 1.807) is 6.07 Å². The van der Waals surface area contributed by atoms with Crippen molar-refractivity contribution in [3.8, 4) is 11.1 Å². The third kappa shape index (κ3) is 2.23. The summed E-state index contributed by atoms with van der Waals surface area (Å²) in [6, 6.07) is 11.3. The Morgan fingerprint density at radius 1 is 1.21 bits per heavy atom. The van der Waals surface area contributed by atoms with Crippen molar-refractivity contribution >= 4 is 11.9 Å². The predicted octanol–water partition coefficient (Wildman–Crippen LogP) is 2.32. The van der Waals surface area contributed by atoms with E-state index in [9.17, 15) is 4.79 Å². The van der Waals surface area contributed by atoms with E-state index in [1.165, 1.54) is 12.6 Å². The summed E-state index contributed by atoms with van der Waals surface area (Å²) >= 11 is 0. The molecule has 0 atom stereocenters. The van der Waals surface area contributed by atoms with E-state index in [0.717, 1.165) is 11.1 Å². The SMILES string of the molecule is O=C(Nc1ncn[nH]1)c1occc1-c1ccccc1. The highest BCUT2D eigenvalue weighted by molar-refractivity contribution is 6.05. The Morgan fingerprint density at radius 3 is 2.79 bits per heavy atom. The van der Waals surface area contributed by atoms with E-state index in [0.29, 0.717) is 0 Å². The molecule has 3 aromatic rings. The lowest BCUT2D eigenvalue weighted by Gasteiger charge is -2.02. The molecule has 94 valence electrons. The molecule has 2 N–H and O–H groups in total. The summed E-state index contributed by atoms with van der Waals surface area (Å²) in [5, 5.41) is 8.78. The van der Waals surface area contributed by atoms with E-state index in [2.05, 4.69) is 20.5 Å². The van der Waals surface area contributed by atoms with Gasteiger partial charge in [-0.05, 0) is 11.6 Å². The monoisotopic (exact) mass is 254 g/mol. The molecule has 0 unspecified atom stereocenters. The highest BCUT2D eigenvalue weighted by Gasteiger charge is 2.17. The maximum atomic E-state index is 12.1. The van der Waals surface area contributed by atoms with Crippen molar-refractivity contribution in [3.05, 3.63) is 54.7 Å². The van der Waals surface area contributed by atoms with Gasteiger partial charge in [0.1, 0.15) is 6.33 Å². The molecule has 1 amide bonds. The van der Waals surface area contributed by atoms with Crippen LogP contribution in [0.4, 0.5) is 5.95 Å². The number of amides is 1. The lowest BCUT2D eigenvalue weighted by molar-refractivity contribution is 0.0996. The molecule has 19 heavy (non-hydrogen) atoms. The van der Waals surface area contributed by atoms with Gasteiger partial charge in [0.05, 0.1) is 6.26 Å². The number of aromatic amines is 1. The summed E-state index contributed by atoms with van der Waals surface area (Å²) in [5.41, 5.74) is 1.65. The topological polar surface area (TPSA) is 83.8 Å². The average molecular weight is 254 g/mol. The van der Waals surface area contributed by atoms with Crippen molar-refractivity contribution in [2.75, 3.05) is 5.32 Å². The number of carbonyl (C=O) groups is 1. The number of benzene rings is 1. The molecule has 0 aliphatic rings. The van der Waals surface area contributed by atoms with Crippen LogP contribution in [0, 0.1) is 0 Å². The van der Waals surface area contributed by atoms with Crippen LogP contribution in [0.15, 0.2) is 53.4 Å². The molecule has 6 nitrogen and oxygen atoms in total. The van der Waals surface area contributed by atoms with Crippen molar-refractivity contribution in [1.82, 2.24) is 15.2 Å². The third-order valence-electron chi connectivity index (χ3n) is 2.60. The lowest BCUT2D eigenvalue weighted by Crippen LogP contribution is -2.13. The first-order chi connectivity index (χ1) is 9.34. The second kappa shape index (κ2) is 4.77. The molecule has 0 saturated heterocycles. The summed E-state index contributed by atoms with van der Waals surface area (Å²) in [4.78, 5) is 15.9. The third-order valence-corrected chi connectivity index (χ3v) is 2.60. The molecule has 0 radical (unpaired) electrons. The Bertz CT molecular complexity index is 674. The average Bonchev–Trinajstić information content (AvgIpc) is 3.10. The summed E-state index contributed by atoms with van der Waals surface area (Å²) < 4.78 is 5.26. The van der Waals surface area contributed by atoms with Gasteiger partial charge in [-0.15, -0.1) is 0 Å². The number of anilines is 1. The first-order valence-electron chi connectivity index (χ1n) is 5.64. The number of carbonyl (C=O) groups excluding carboxylic acids is 1. The number of hydrogen-bond donors (Lipinski definition) is 2. The van der Waals surface area contributed by atoms with Crippen LogP contribution in [0.25, 0.3) is 11.1 Å². The molecule has 2 aromatic heterocycles. The second-order valence-corrected chi connectivity index (χ2v) is 3.82. The van der Waals surface area contributed by atoms with Gasteiger partial charge in [-0.2, -0.15) is 10.1 Å². The van der Waals surface area contributed by atoms with Gasteiger partial charge in [-0.25, -0.2) is 5.10 Å². The summed E-state index contributed by atoms with van der Waals surface area (Å²) in [7, 11) is 0. The van der Waals surface area contributed by atoms with Crippen molar-refractivity contribution in [1.29, 1.82) is 0 Å². The zero-order valence-corrected chi connectivity index (χ0v) is 9.83. The maximum Gasteiger partial charge on any atom is 0.294 e. The van der Waals surface area contributed by atoms with Crippen LogP contribution in [0.1, 0.15) is 10.6 Å². The lowest BCUT2D eigenvalue weighted by atomic mass is 10.1. The summed E-state index contributed by atoms with van der Waals surface area (Å²) in [6.45, 7) is 0. The van der Waals surface area contributed by atoms with Crippen LogP contribution in [-0.2, 0) is 0 Å². The number of H-pyrrole nitrogens is 1. The molecule has 6 heteroatoms. The number of furan rings is 1. The minimum Gasteiger partial charge on any atom is -0.459 e. The van der Waals surface area contributed by atoms with Crippen molar-refractivity contribution in [3.63, 3.8) is 0 Å². The smallest absolute Gasteiger partial charge is 0.294 e. The van der Waals surface area contributed by atoms with Gasteiger partial charge in [-0.1, -0.05) is 30.3 Å². The van der Waals surface area contributed by atoms with E-state index in [-0.39, 0.29) is 17.6 Å². The van der Waals surface area contributed by atoms with Crippen molar-refractivity contribution in [2.24, 2.45) is 0 Å². The van der Waals surface area contributed by atoms with E-state index < -0.39 is 0 Å². The Hall–Kier alpha value is -2.89. The number of rotatable bonds is 3. The highest BCUT2D eigenvalue weighted by Crippen LogP contribution is 2.25. The molecule has 1 aromatic carbocycles. The van der Waals surface area contributed by atoms with Gasteiger partial charge in [-0.3, -0.25) is 10.1 Å². The standard InChI is InChI=1S/C13H10N4O2/c18-12(16-13-14-8-15-17-13)11-10(6-7-19-11)9-4-2-1-3-5-9/h1-8H,(H2,14,15,16,17,18). The zero-order valence-electron chi connectivity index (χ0n) is 9.83. The quantitative estimate of drug-likeness (QED) is 0.751. The molecule has 0 spiro atoms. The van der Waals surface area contributed by atoms with Gasteiger partial charge < -0.3 is 4.42 Å². The minimum atomic E-state index is -0.374. The van der Waals surface area contributed by atoms with Crippen molar-refractivity contribution in [2.45, 2.75) is 0 Å². The van der Waals surface area contributed by atoms with Gasteiger partial charge >= 0.3 is 0 Å². The first-order valence-corrected chi connectivity index (χ1v) is 5.64. The fourth-order valence-electron chi connectivity index (χ4n) is 1.76. The largest absolute Gasteiger partial charge is 0.459 e. The Labute approximate surface area is 108 Å². The molecular formula is C13H10N4O2. The molecule has 0 saturated carbocycles. The van der Waals surface area contributed by atoms with E-state index in [1.807, 2.05) is 30.3 Å². The van der Waals surface area contributed by atoms with Crippen LogP contribution in [0.3, 0.4) is 0 Å². The Balaban J connectivity index is 1.90. The first kappa shape index (κ1) is 11.2. The zero-order chi connectivity index (χ0) is 13.1. The van der Waals surface area contributed by atoms with Crippen LogP contribution in [-0.4, -0.2) is 21.1 Å². The van der Waals surface area contributed by atoms with Gasteiger partial charge in [0.25, 0.3) is 5.91 Å². The fourth-order valence-corrected chi connectivity index (χ4v) is 1.76. The van der Waals surface area contributed by atoms with Crippen LogP contribution >= 0.6 is 0 Å². The highest BCUT2D eigenvalue weighted by atomic mass is 16.3. The fraction of sp³-hybridized carbons (Fsp3) is 0. The molecule has 3 rings (SSSR count). The number of aromatic nitrogens is 3. The minimum absolute atomic E-state index is 0.239. The predicted molar refractivity (Wildman–Crippen MR) is 68.5 cm³/mol.